The summed E-state index contributed by atoms with van der Waals surface area (Å²) in [5.74, 6) is 0.0877. The van der Waals surface area contributed by atoms with Crippen molar-refractivity contribution in [2.24, 2.45) is 0 Å². The lowest BCUT2D eigenvalue weighted by Gasteiger charge is -2.06. The van der Waals surface area contributed by atoms with Gasteiger partial charge in [-0.3, -0.25) is 9.67 Å². The maximum absolute atomic E-state index is 11.5. The molecule has 0 fully saturated rings. The predicted octanol–water partition coefficient (Wildman–Crippen LogP) is 2.02. The number of rotatable bonds is 10. The highest BCUT2D eigenvalue weighted by atomic mass is 32.2. The normalized spacial score (nSPS) is 11.6. The van der Waals surface area contributed by atoms with Crippen molar-refractivity contribution in [3.05, 3.63) is 72.2 Å². The van der Waals surface area contributed by atoms with Gasteiger partial charge in [-0.15, -0.1) is 0 Å². The van der Waals surface area contributed by atoms with Crippen LogP contribution in [-0.4, -0.2) is 42.0 Å². The summed E-state index contributed by atoms with van der Waals surface area (Å²) in [6.07, 6.45) is 5.56. The van der Waals surface area contributed by atoms with E-state index in [-0.39, 0.29) is 5.75 Å². The van der Waals surface area contributed by atoms with Gasteiger partial charge in [-0.2, -0.15) is 5.10 Å². The zero-order valence-corrected chi connectivity index (χ0v) is 16.7. The highest BCUT2D eigenvalue weighted by Crippen LogP contribution is 2.21. The molecule has 0 atom stereocenters. The number of hydrogen-bond acceptors (Lipinski definition) is 5. The Kier molecular flexibility index (Phi) is 6.91. The number of hydrogen-bond donors (Lipinski definition) is 2. The molecule has 0 bridgehead atoms. The number of benzene rings is 1. The molecule has 1 aromatic carbocycles. The van der Waals surface area contributed by atoms with E-state index in [1.165, 1.54) is 5.56 Å². The molecule has 0 aliphatic carbocycles. The Labute approximate surface area is 165 Å². The average molecular weight is 400 g/mol. The Morgan fingerprint density at radius 3 is 2.61 bits per heavy atom. The molecule has 28 heavy (non-hydrogen) atoms. The first kappa shape index (κ1) is 20.2. The monoisotopic (exact) mass is 399 g/mol. The minimum atomic E-state index is -3.16. The second kappa shape index (κ2) is 9.59. The van der Waals surface area contributed by atoms with Gasteiger partial charge in [-0.05, 0) is 24.6 Å². The van der Waals surface area contributed by atoms with Gasteiger partial charge in [0.05, 0.1) is 18.0 Å². The highest BCUT2D eigenvalue weighted by molar-refractivity contribution is 7.89. The van der Waals surface area contributed by atoms with Crippen LogP contribution in [0.1, 0.15) is 18.1 Å². The minimum Gasteiger partial charge on any atom is -0.311 e. The fraction of sp³-hybridized carbons (Fsp3) is 0.300. The maximum atomic E-state index is 11.5. The molecule has 0 aliphatic heterocycles. The van der Waals surface area contributed by atoms with Crippen LogP contribution in [0.15, 0.2) is 61.1 Å². The minimum absolute atomic E-state index is 0.0877. The van der Waals surface area contributed by atoms with Crippen molar-refractivity contribution in [2.45, 2.75) is 20.0 Å². The van der Waals surface area contributed by atoms with Crippen LogP contribution in [-0.2, 0) is 23.1 Å². The summed E-state index contributed by atoms with van der Waals surface area (Å²) >= 11 is 0. The van der Waals surface area contributed by atoms with E-state index in [1.807, 2.05) is 41.2 Å². The van der Waals surface area contributed by atoms with Gasteiger partial charge in [-0.1, -0.05) is 30.3 Å². The van der Waals surface area contributed by atoms with Gasteiger partial charge in [0.25, 0.3) is 0 Å². The van der Waals surface area contributed by atoms with Crippen LogP contribution in [0.2, 0.25) is 0 Å². The molecular formula is C20H25N5O2S. The Morgan fingerprint density at radius 1 is 1.07 bits per heavy atom. The van der Waals surface area contributed by atoms with Gasteiger partial charge in [-0.25, -0.2) is 13.1 Å². The lowest BCUT2D eigenvalue weighted by molar-refractivity contribution is 0.577. The standard InChI is InChI=1S/C20H25N5O2S/c1-2-28(26,27)23-12-11-22-14-19-16-25(15-17-7-4-3-5-8-17)24-20(19)18-9-6-10-21-13-18/h3-10,13,16,22-23H,2,11-12,14-15H2,1H3. The maximum Gasteiger partial charge on any atom is 0.211 e. The molecule has 0 radical (unpaired) electrons. The second-order valence-corrected chi connectivity index (χ2v) is 8.50. The van der Waals surface area contributed by atoms with E-state index in [4.69, 9.17) is 5.10 Å². The van der Waals surface area contributed by atoms with Crippen molar-refractivity contribution >= 4 is 10.0 Å². The van der Waals surface area contributed by atoms with Crippen LogP contribution < -0.4 is 10.0 Å². The van der Waals surface area contributed by atoms with Crippen molar-refractivity contribution in [1.82, 2.24) is 24.8 Å². The molecule has 0 amide bonds. The van der Waals surface area contributed by atoms with E-state index < -0.39 is 10.0 Å². The van der Waals surface area contributed by atoms with Crippen molar-refractivity contribution in [2.75, 3.05) is 18.8 Å². The van der Waals surface area contributed by atoms with Gasteiger partial charge in [0.15, 0.2) is 0 Å². The molecule has 0 saturated carbocycles. The Morgan fingerprint density at radius 2 is 1.89 bits per heavy atom. The van der Waals surface area contributed by atoms with E-state index in [9.17, 15) is 8.42 Å². The van der Waals surface area contributed by atoms with Crippen LogP contribution in [0, 0.1) is 0 Å². The van der Waals surface area contributed by atoms with E-state index in [0.717, 1.165) is 16.8 Å². The van der Waals surface area contributed by atoms with Crippen LogP contribution in [0.3, 0.4) is 0 Å². The van der Waals surface area contributed by atoms with Crippen LogP contribution in [0.5, 0.6) is 0 Å². The molecule has 3 rings (SSSR count). The molecule has 8 heteroatoms. The van der Waals surface area contributed by atoms with Gasteiger partial charge < -0.3 is 5.32 Å². The SMILES string of the molecule is CCS(=O)(=O)NCCNCc1cn(Cc2ccccc2)nc1-c1cccnc1. The van der Waals surface area contributed by atoms with E-state index in [2.05, 4.69) is 27.2 Å². The third-order valence-corrected chi connectivity index (χ3v) is 5.68. The first-order valence-corrected chi connectivity index (χ1v) is 10.9. The summed E-state index contributed by atoms with van der Waals surface area (Å²) in [4.78, 5) is 4.20. The number of pyridine rings is 1. The van der Waals surface area contributed by atoms with Gasteiger partial charge in [0, 0.05) is 49.4 Å². The van der Waals surface area contributed by atoms with Crippen molar-refractivity contribution in [3.63, 3.8) is 0 Å². The van der Waals surface area contributed by atoms with Crippen molar-refractivity contribution in [1.29, 1.82) is 0 Å². The summed E-state index contributed by atoms with van der Waals surface area (Å²) in [5.41, 5.74) is 4.06. The van der Waals surface area contributed by atoms with Crippen LogP contribution in [0.4, 0.5) is 0 Å². The predicted molar refractivity (Wildman–Crippen MR) is 110 cm³/mol. The number of aromatic nitrogens is 3. The smallest absolute Gasteiger partial charge is 0.211 e. The van der Waals surface area contributed by atoms with Gasteiger partial charge >= 0.3 is 0 Å². The highest BCUT2D eigenvalue weighted by Gasteiger charge is 2.12. The molecule has 0 saturated heterocycles. The molecule has 2 heterocycles. The van der Waals surface area contributed by atoms with Crippen molar-refractivity contribution in [3.8, 4) is 11.3 Å². The quantitative estimate of drug-likeness (QED) is 0.509. The van der Waals surface area contributed by atoms with E-state index >= 15 is 0 Å². The molecule has 7 nitrogen and oxygen atoms in total. The number of nitrogens with one attached hydrogen (secondary N) is 2. The number of nitrogens with zero attached hydrogens (tertiary/aromatic N) is 3. The van der Waals surface area contributed by atoms with Crippen LogP contribution in [0.25, 0.3) is 11.3 Å². The summed E-state index contributed by atoms with van der Waals surface area (Å²) in [5, 5.41) is 8.04. The molecule has 2 aromatic heterocycles. The van der Waals surface area contributed by atoms with Gasteiger partial charge in [0.1, 0.15) is 0 Å². The Bertz CT molecular complexity index is 972. The van der Waals surface area contributed by atoms with Crippen LogP contribution >= 0.6 is 0 Å². The summed E-state index contributed by atoms with van der Waals surface area (Å²) in [6.45, 7) is 3.79. The summed E-state index contributed by atoms with van der Waals surface area (Å²) in [7, 11) is -3.16. The summed E-state index contributed by atoms with van der Waals surface area (Å²) < 4.78 is 27.5. The zero-order valence-electron chi connectivity index (χ0n) is 15.9. The third-order valence-electron chi connectivity index (χ3n) is 4.28. The largest absolute Gasteiger partial charge is 0.311 e. The molecule has 2 N–H and O–H groups in total. The molecule has 0 aliphatic rings. The molecule has 3 aromatic rings. The zero-order chi connectivity index (χ0) is 19.8. The molecule has 148 valence electrons. The molecular weight excluding hydrogens is 374 g/mol. The first-order chi connectivity index (χ1) is 13.6. The number of sulfonamides is 1. The molecule has 0 unspecified atom stereocenters. The average Bonchev–Trinajstić information content (AvgIpc) is 3.11. The second-order valence-electron chi connectivity index (χ2n) is 6.40. The summed E-state index contributed by atoms with van der Waals surface area (Å²) in [6, 6.07) is 14.0. The third kappa shape index (κ3) is 5.72. The molecule has 0 spiro atoms. The Hall–Kier alpha value is -2.55. The van der Waals surface area contributed by atoms with E-state index in [0.29, 0.717) is 26.2 Å². The lowest BCUT2D eigenvalue weighted by Crippen LogP contribution is -2.32. The first-order valence-electron chi connectivity index (χ1n) is 9.26. The van der Waals surface area contributed by atoms with Gasteiger partial charge in [0.2, 0.25) is 10.0 Å². The fourth-order valence-corrected chi connectivity index (χ4v) is 3.43. The topological polar surface area (TPSA) is 88.9 Å². The fourth-order valence-electron chi connectivity index (χ4n) is 2.81. The Balaban J connectivity index is 1.69. The lowest BCUT2D eigenvalue weighted by atomic mass is 10.1. The van der Waals surface area contributed by atoms with Crippen molar-refractivity contribution < 1.29 is 8.42 Å². The van der Waals surface area contributed by atoms with E-state index in [1.54, 1.807) is 19.3 Å².